The number of nitrogens with one attached hydrogen (secondary N) is 6. The number of carbonyl (C=O) groups is 7. The molecule has 0 aromatic heterocycles. The van der Waals surface area contributed by atoms with Crippen molar-refractivity contribution in [3.8, 4) is 0 Å². The van der Waals surface area contributed by atoms with Gasteiger partial charge in [0.05, 0.1) is 84.3 Å². The highest BCUT2D eigenvalue weighted by molar-refractivity contribution is 5.77. The van der Waals surface area contributed by atoms with Crippen molar-refractivity contribution in [2.45, 2.75) is 398 Å². The maximum atomic E-state index is 13.6. The summed E-state index contributed by atoms with van der Waals surface area (Å²) in [4.78, 5) is 90.5. The Kier molecular flexibility index (Phi) is 42.7. The molecule has 56 atom stereocenters. The molecule has 0 unspecified atom stereocenters. The molecule has 0 aromatic rings. The average Bonchev–Trinajstić information content (AvgIpc) is 0.760. The van der Waals surface area contributed by atoms with E-state index in [1.54, 1.807) is 0 Å². The number of amides is 6. The van der Waals surface area contributed by atoms with Crippen LogP contribution in [-0.2, 0) is 133 Å². The van der Waals surface area contributed by atoms with Crippen LogP contribution in [0.4, 0.5) is 0 Å². The van der Waals surface area contributed by atoms with Crippen molar-refractivity contribution in [1.29, 1.82) is 0 Å². The second-order valence-electron chi connectivity index (χ2n) is 36.7. The van der Waals surface area contributed by atoms with Gasteiger partial charge in [-0.15, -0.1) is 0 Å². The zero-order valence-electron chi connectivity index (χ0n) is 78.4. The minimum absolute atomic E-state index is 0.822. The standard InChI is InChI=1S/C81H134N6O58/c1-19-43(103)55(115)58(118)75(128-19)125-17-36-65(52(112)38(70(122)129-36)83-21(3)96)139-73-41(86-24(6)99)53(113)63(32(14-93)133-73)141-77-61(121)67(49(109)34(136-77)16-126-78-68(57(117)47(107)30(12-91)132-78)143-72-40(85-23(5)98)51(111)46(106)29(11-90)131-72)142-79-69(60(120)64(33(15-94)135-79)138-71-39(84-22(4)97)50(110)45(105)28(10-89)130-71)144-74-42(87-25(7)100)54(114)62(31(13-92)134-74)140-76-59(119)56(116)48(108)35(137-76)18-127-81(80(123)124)8-26(101)37(82-20(2)95)66(145-81)44(104)27(102)9-88/h19,26-79,88-94,101-122H,8-18H2,1-7H3,(H,82,95)(H,83,96)(H,84,97)(H,85,98)(H,86,99)(H,87,100)(H,123,124)/t19-,26-,27+,28+,29+,30+,31+,32+,33+,34+,35+,36+,37+,38+,39+,40+,41+,42+,43+,44+,45+,46+,47+,48-,49+,50+,51+,52+,53+,54+,55+,56-,57-,58-,59+,60-,61-,62+,63+,64+,65+,66+,67-,68-,69-,70+,71-,72-,73-,74-,75+,76-,77-,78-,79+,81+/m0/s1. The Morgan fingerprint density at radius 2 is 0.621 bits per heavy atom. The van der Waals surface area contributed by atoms with E-state index in [9.17, 15) is 187 Å². The Morgan fingerprint density at radius 3 is 1.07 bits per heavy atom. The van der Waals surface area contributed by atoms with Crippen molar-refractivity contribution in [3.63, 3.8) is 0 Å². The molecule has 11 aliphatic heterocycles. The summed E-state index contributed by atoms with van der Waals surface area (Å²) in [5.41, 5.74) is 0. The van der Waals surface area contributed by atoms with Gasteiger partial charge in [0.15, 0.2) is 62.9 Å². The number of rotatable bonds is 39. The summed E-state index contributed by atoms with van der Waals surface area (Å²) in [6.07, 6.45) is -109. The van der Waals surface area contributed by atoms with Gasteiger partial charge >= 0.3 is 5.97 Å². The first-order valence-corrected chi connectivity index (χ1v) is 46.1. The molecule has 6 amide bonds. The molecule has 0 saturated carbocycles. The Balaban J connectivity index is 0.964. The van der Waals surface area contributed by atoms with Crippen LogP contribution in [0.3, 0.4) is 0 Å². The fraction of sp³-hybridized carbons (Fsp3) is 0.914. The van der Waals surface area contributed by atoms with Crippen molar-refractivity contribution in [3.05, 3.63) is 0 Å². The minimum Gasteiger partial charge on any atom is -0.477 e. The lowest BCUT2D eigenvalue weighted by atomic mass is 9.88. The molecule has 0 bridgehead atoms. The largest absolute Gasteiger partial charge is 0.477 e. The molecule has 0 aliphatic carbocycles. The normalized spacial score (nSPS) is 47.2. The van der Waals surface area contributed by atoms with Crippen LogP contribution < -0.4 is 31.9 Å². The molecular weight excluding hydrogens is 1980 g/mol. The van der Waals surface area contributed by atoms with Gasteiger partial charge in [0.25, 0.3) is 5.79 Å². The van der Waals surface area contributed by atoms with E-state index in [0.717, 1.165) is 41.5 Å². The lowest BCUT2D eigenvalue weighted by molar-refractivity contribution is -0.405. The van der Waals surface area contributed by atoms with E-state index in [-0.39, 0.29) is 0 Å². The van der Waals surface area contributed by atoms with Crippen molar-refractivity contribution in [2.75, 3.05) is 66.1 Å². The predicted octanol–water partition coefficient (Wildman–Crippen LogP) is -23.9. The second-order valence-corrected chi connectivity index (χ2v) is 36.7. The molecule has 0 aromatic carbocycles. The number of carboxylic acids is 1. The minimum atomic E-state index is -3.16. The van der Waals surface area contributed by atoms with Gasteiger partial charge in [0.1, 0.15) is 256 Å². The topological polar surface area (TPSA) is 992 Å². The van der Waals surface area contributed by atoms with E-state index >= 15 is 0 Å². The van der Waals surface area contributed by atoms with Crippen LogP contribution in [0.1, 0.15) is 54.9 Å². The van der Waals surface area contributed by atoms with Crippen LogP contribution in [0.15, 0.2) is 0 Å². The fourth-order valence-electron chi connectivity index (χ4n) is 18.7. The van der Waals surface area contributed by atoms with Crippen LogP contribution in [0, 0.1) is 0 Å². The van der Waals surface area contributed by atoms with Crippen LogP contribution in [-0.4, -0.2) is 604 Å². The van der Waals surface area contributed by atoms with Gasteiger partial charge < -0.3 is 285 Å². The Labute approximate surface area is 821 Å². The molecule has 0 spiro atoms. The molecule has 36 N–H and O–H groups in total. The molecular formula is C81H134N6O58. The molecule has 11 saturated heterocycles. The number of ether oxygens (including phenoxy) is 21. The molecule has 11 fully saturated rings. The second kappa shape index (κ2) is 51.8. The van der Waals surface area contributed by atoms with Gasteiger partial charge in [-0.25, -0.2) is 4.79 Å². The number of aliphatic carboxylic acids is 1. The number of carboxylic acid groups (broad SMARTS) is 1. The summed E-state index contributed by atoms with van der Waals surface area (Å²) >= 11 is 0. The molecule has 64 heteroatoms. The van der Waals surface area contributed by atoms with Gasteiger partial charge in [-0.05, 0) is 6.92 Å². The number of aliphatic hydroxyl groups excluding tert-OH is 29. The van der Waals surface area contributed by atoms with E-state index < -0.39 is 457 Å². The molecule has 11 aliphatic rings. The van der Waals surface area contributed by atoms with E-state index in [2.05, 4.69) is 31.9 Å². The highest BCUT2D eigenvalue weighted by Gasteiger charge is 2.64. The summed E-state index contributed by atoms with van der Waals surface area (Å²) in [7, 11) is 0. The SMILES string of the molecule is CC(=O)N[C@@H]1[C@@H](O)[C@H](O[C@@H]2O[C@H](CO)[C@@H](O[C@@H]3O[C@H](CO[C@H]4O[C@H](CO)[C@@H](O)[C@H](O)[C@@H]4O[C@@H]4O[C@H](CO)[C@@H](O)[C@H](O)[C@H]4NC(C)=O)[C@@H](O)[C@H](O[C@H]4O[C@H](CO)[C@@H](O[C@@H]5O[C@H](CO)[C@@H](O)[C@H](O)[C@H]5NC(C)=O)[C@H](O)[C@@H]4O[C@@H]4O[C@H](CO)[C@@H](O[C@@H]5O[C@H](CO[C@]6(C(=O)O)C[C@H](O)[C@@H](NC(C)=O)[C@H]([C@H](O)[C@H](O)CO)O6)[C@H](O)[C@H](O)[C@H]5O)[C@H](O)[C@H]4NC(C)=O)[C@@H]3O)[C@H](O)[C@H]2NC(C)=O)[C@@H](CO[C@@H]2O[C@@H](C)[C@@H](O)[C@@H](O)[C@@H]2O)O[C@H]1O. The number of hydrogen-bond acceptors (Lipinski definition) is 57. The van der Waals surface area contributed by atoms with Crippen molar-refractivity contribution in [2.24, 2.45) is 0 Å². The van der Waals surface area contributed by atoms with E-state index in [1.165, 1.54) is 6.92 Å². The lowest BCUT2D eigenvalue weighted by Gasteiger charge is -2.52. The smallest absolute Gasteiger partial charge is 0.364 e. The van der Waals surface area contributed by atoms with Gasteiger partial charge in [-0.2, -0.15) is 0 Å². The first-order chi connectivity index (χ1) is 68.3. The number of carbonyl (C=O) groups excluding carboxylic acids is 6. The molecule has 0 radical (unpaired) electrons. The first-order valence-electron chi connectivity index (χ1n) is 46.1. The highest BCUT2D eigenvalue weighted by Crippen LogP contribution is 2.43. The average molecular weight is 2120 g/mol. The van der Waals surface area contributed by atoms with Crippen LogP contribution in [0.5, 0.6) is 0 Å². The first kappa shape index (κ1) is 120. The van der Waals surface area contributed by atoms with Gasteiger partial charge in [-0.1, -0.05) is 0 Å². The lowest BCUT2D eigenvalue weighted by Crippen LogP contribution is -2.71. The van der Waals surface area contributed by atoms with E-state index in [0.29, 0.717) is 0 Å². The molecule has 836 valence electrons. The molecule has 11 rings (SSSR count). The van der Waals surface area contributed by atoms with Crippen molar-refractivity contribution < 1.29 is 286 Å². The van der Waals surface area contributed by atoms with Crippen LogP contribution >= 0.6 is 0 Å². The predicted molar refractivity (Wildman–Crippen MR) is 448 cm³/mol. The number of aliphatic hydroxyl groups is 29. The third-order valence-corrected chi connectivity index (χ3v) is 26.3. The van der Waals surface area contributed by atoms with E-state index in [1.807, 2.05) is 0 Å². The van der Waals surface area contributed by atoms with Crippen LogP contribution in [0.25, 0.3) is 0 Å². The van der Waals surface area contributed by atoms with Crippen LogP contribution in [0.2, 0.25) is 0 Å². The van der Waals surface area contributed by atoms with Gasteiger partial charge in [0.2, 0.25) is 35.4 Å². The van der Waals surface area contributed by atoms with E-state index in [4.69, 9.17) is 99.5 Å². The zero-order chi connectivity index (χ0) is 107. The zero-order valence-corrected chi connectivity index (χ0v) is 78.4. The quantitative estimate of drug-likeness (QED) is 0.0272. The number of hydrogen-bond donors (Lipinski definition) is 36. The summed E-state index contributed by atoms with van der Waals surface area (Å²) in [6, 6.07) is -11.7. The summed E-state index contributed by atoms with van der Waals surface area (Å²) in [5, 5.41) is 355. The Bertz CT molecular complexity index is 4150. The maximum absolute atomic E-state index is 13.6. The van der Waals surface area contributed by atoms with Crippen molar-refractivity contribution >= 4 is 41.4 Å². The highest BCUT2D eigenvalue weighted by atomic mass is 16.8. The summed E-state index contributed by atoms with van der Waals surface area (Å²) in [6.45, 7) is -5.38. The third kappa shape index (κ3) is 27.0. The van der Waals surface area contributed by atoms with Gasteiger partial charge in [0, 0.05) is 48.0 Å². The Morgan fingerprint density at radius 1 is 0.297 bits per heavy atom. The Hall–Kier alpha value is -5.71. The maximum Gasteiger partial charge on any atom is 0.364 e. The molecule has 145 heavy (non-hydrogen) atoms. The van der Waals surface area contributed by atoms with Crippen molar-refractivity contribution in [1.82, 2.24) is 31.9 Å². The monoisotopic (exact) mass is 2120 g/mol. The summed E-state index contributed by atoms with van der Waals surface area (Å²) in [5.74, 6) is -11.0. The summed E-state index contributed by atoms with van der Waals surface area (Å²) < 4.78 is 127. The molecule has 64 nitrogen and oxygen atoms in total. The third-order valence-electron chi connectivity index (χ3n) is 26.3. The fourth-order valence-corrected chi connectivity index (χ4v) is 18.7. The van der Waals surface area contributed by atoms with Gasteiger partial charge in [-0.3, -0.25) is 28.8 Å². The molecule has 11 heterocycles.